The first-order valence-electron chi connectivity index (χ1n) is 5.27. The molecule has 1 rings (SSSR count). The summed E-state index contributed by atoms with van der Waals surface area (Å²) in [4.78, 5) is 10.8. The largest absolute Gasteiger partial charge is 0.503 e. The molecule has 0 saturated carbocycles. The zero-order chi connectivity index (χ0) is 12.7. The highest BCUT2D eigenvalue weighted by Gasteiger charge is 2.09. The van der Waals surface area contributed by atoms with Crippen LogP contribution in [0.25, 0.3) is 0 Å². The van der Waals surface area contributed by atoms with Gasteiger partial charge in [0.25, 0.3) is 0 Å². The van der Waals surface area contributed by atoms with Crippen LogP contribution in [0.4, 0.5) is 0 Å². The number of aromatic hydroxyl groups is 1. The van der Waals surface area contributed by atoms with Crippen LogP contribution in [-0.2, 0) is 0 Å². The SMILES string of the molecule is CCOc1cc(C=O)cc(C#CCCS)c1O. The maximum Gasteiger partial charge on any atom is 0.173 e. The summed E-state index contributed by atoms with van der Waals surface area (Å²) >= 11 is 4.04. The van der Waals surface area contributed by atoms with Crippen LogP contribution in [-0.4, -0.2) is 23.8 Å². The van der Waals surface area contributed by atoms with Gasteiger partial charge in [-0.05, 0) is 19.1 Å². The topological polar surface area (TPSA) is 46.5 Å². The highest BCUT2D eigenvalue weighted by atomic mass is 32.1. The fourth-order valence-corrected chi connectivity index (χ4v) is 1.38. The van der Waals surface area contributed by atoms with Gasteiger partial charge < -0.3 is 9.84 Å². The zero-order valence-electron chi connectivity index (χ0n) is 9.56. The number of phenolic OH excluding ortho intramolecular Hbond substituents is 1. The van der Waals surface area contributed by atoms with Crippen molar-refractivity contribution in [2.75, 3.05) is 12.4 Å². The van der Waals surface area contributed by atoms with E-state index in [4.69, 9.17) is 4.74 Å². The number of hydrogen-bond donors (Lipinski definition) is 2. The number of aldehydes is 1. The van der Waals surface area contributed by atoms with E-state index in [0.29, 0.717) is 36.2 Å². The van der Waals surface area contributed by atoms with Crippen molar-refractivity contribution in [2.45, 2.75) is 13.3 Å². The van der Waals surface area contributed by atoms with E-state index in [2.05, 4.69) is 24.5 Å². The van der Waals surface area contributed by atoms with E-state index in [9.17, 15) is 9.90 Å². The van der Waals surface area contributed by atoms with E-state index >= 15 is 0 Å². The molecule has 0 heterocycles. The van der Waals surface area contributed by atoms with Gasteiger partial charge in [-0.2, -0.15) is 12.6 Å². The van der Waals surface area contributed by atoms with Crippen LogP contribution in [0.1, 0.15) is 29.3 Å². The molecule has 0 aromatic heterocycles. The molecule has 0 amide bonds. The Kier molecular flexibility index (Phi) is 5.44. The first-order valence-corrected chi connectivity index (χ1v) is 5.90. The Labute approximate surface area is 106 Å². The molecule has 17 heavy (non-hydrogen) atoms. The molecule has 0 bridgehead atoms. The van der Waals surface area contributed by atoms with Crippen LogP contribution in [0.3, 0.4) is 0 Å². The minimum absolute atomic E-state index is 0.0240. The smallest absolute Gasteiger partial charge is 0.173 e. The van der Waals surface area contributed by atoms with E-state index in [1.165, 1.54) is 12.1 Å². The molecule has 0 aliphatic heterocycles. The van der Waals surface area contributed by atoms with Gasteiger partial charge in [0.1, 0.15) is 6.29 Å². The lowest BCUT2D eigenvalue weighted by atomic mass is 10.1. The highest BCUT2D eigenvalue weighted by Crippen LogP contribution is 2.30. The van der Waals surface area contributed by atoms with Crippen molar-refractivity contribution in [3.8, 4) is 23.3 Å². The molecule has 0 aliphatic carbocycles. The number of benzene rings is 1. The van der Waals surface area contributed by atoms with Gasteiger partial charge in [-0.25, -0.2) is 0 Å². The molecule has 0 fully saturated rings. The van der Waals surface area contributed by atoms with E-state index in [1.54, 1.807) is 6.92 Å². The van der Waals surface area contributed by atoms with Crippen LogP contribution in [0, 0.1) is 11.8 Å². The minimum Gasteiger partial charge on any atom is -0.503 e. The Bertz CT molecular complexity index is 458. The number of rotatable bonds is 4. The van der Waals surface area contributed by atoms with Crippen LogP contribution >= 0.6 is 12.6 Å². The van der Waals surface area contributed by atoms with Gasteiger partial charge in [0.15, 0.2) is 11.5 Å². The molecular weight excluding hydrogens is 236 g/mol. The van der Waals surface area contributed by atoms with Crippen molar-refractivity contribution < 1.29 is 14.6 Å². The molecule has 0 radical (unpaired) electrons. The molecule has 0 aliphatic rings. The summed E-state index contributed by atoms with van der Waals surface area (Å²) < 4.78 is 5.23. The highest BCUT2D eigenvalue weighted by molar-refractivity contribution is 7.80. The van der Waals surface area contributed by atoms with E-state index in [1.807, 2.05) is 0 Å². The number of ether oxygens (including phenoxy) is 1. The van der Waals surface area contributed by atoms with Crippen LogP contribution in [0.15, 0.2) is 12.1 Å². The maximum absolute atomic E-state index is 10.8. The first kappa shape index (κ1) is 13.5. The summed E-state index contributed by atoms with van der Waals surface area (Å²) in [7, 11) is 0. The standard InChI is InChI=1S/C13H14O3S/c1-2-16-12-8-10(9-14)7-11(13(12)15)5-3-4-6-17/h7-9,15,17H,2,4,6H2,1H3. The number of carbonyl (C=O) groups excluding carboxylic acids is 1. The quantitative estimate of drug-likeness (QED) is 0.489. The summed E-state index contributed by atoms with van der Waals surface area (Å²) in [5.41, 5.74) is 0.834. The van der Waals surface area contributed by atoms with Crippen molar-refractivity contribution in [3.05, 3.63) is 23.3 Å². The number of phenols is 1. The maximum atomic E-state index is 10.8. The lowest BCUT2D eigenvalue weighted by molar-refractivity contribution is 0.112. The van der Waals surface area contributed by atoms with Gasteiger partial charge in [0.05, 0.1) is 12.2 Å². The van der Waals surface area contributed by atoms with Gasteiger partial charge in [-0.3, -0.25) is 4.79 Å². The van der Waals surface area contributed by atoms with Crippen molar-refractivity contribution in [1.29, 1.82) is 0 Å². The molecule has 4 heteroatoms. The predicted octanol–water partition coefficient (Wildman–Crippen LogP) is 2.27. The monoisotopic (exact) mass is 250 g/mol. The Hall–Kier alpha value is -1.60. The van der Waals surface area contributed by atoms with Gasteiger partial charge in [-0.1, -0.05) is 11.8 Å². The third-order valence-electron chi connectivity index (χ3n) is 1.99. The summed E-state index contributed by atoms with van der Waals surface area (Å²) in [5, 5.41) is 9.88. The van der Waals surface area contributed by atoms with Crippen LogP contribution < -0.4 is 4.74 Å². The van der Waals surface area contributed by atoms with Crippen molar-refractivity contribution in [1.82, 2.24) is 0 Å². The average Bonchev–Trinajstić information content (AvgIpc) is 2.34. The molecule has 0 unspecified atom stereocenters. The number of carbonyl (C=O) groups is 1. The van der Waals surface area contributed by atoms with Crippen LogP contribution in [0.2, 0.25) is 0 Å². The van der Waals surface area contributed by atoms with Gasteiger partial charge >= 0.3 is 0 Å². The van der Waals surface area contributed by atoms with E-state index in [0.717, 1.165) is 0 Å². The lowest BCUT2D eigenvalue weighted by Crippen LogP contribution is -1.95. The summed E-state index contributed by atoms with van der Waals surface area (Å²) in [5.74, 6) is 6.57. The van der Waals surface area contributed by atoms with Crippen molar-refractivity contribution in [2.24, 2.45) is 0 Å². The Morgan fingerprint density at radius 3 is 2.88 bits per heavy atom. The normalized spacial score (nSPS) is 9.29. The molecule has 0 atom stereocenters. The molecule has 90 valence electrons. The zero-order valence-corrected chi connectivity index (χ0v) is 10.5. The Balaban J connectivity index is 3.15. The molecule has 1 N–H and O–H groups in total. The second kappa shape index (κ2) is 6.87. The summed E-state index contributed by atoms with van der Waals surface area (Å²) in [6.07, 6.45) is 1.32. The fourth-order valence-electron chi connectivity index (χ4n) is 1.27. The third kappa shape index (κ3) is 3.72. The van der Waals surface area contributed by atoms with Gasteiger partial charge in [0, 0.05) is 17.7 Å². The number of hydrogen-bond acceptors (Lipinski definition) is 4. The summed E-state index contributed by atoms with van der Waals surface area (Å²) in [6, 6.07) is 3.03. The fraction of sp³-hybridized carbons (Fsp3) is 0.308. The second-order valence-electron chi connectivity index (χ2n) is 3.24. The molecule has 0 saturated heterocycles. The van der Waals surface area contributed by atoms with Gasteiger partial charge in [-0.15, -0.1) is 0 Å². The molecule has 0 spiro atoms. The number of thiol groups is 1. The molecular formula is C13H14O3S. The second-order valence-corrected chi connectivity index (χ2v) is 3.69. The predicted molar refractivity (Wildman–Crippen MR) is 70.0 cm³/mol. The molecule has 1 aromatic carbocycles. The van der Waals surface area contributed by atoms with Crippen molar-refractivity contribution >= 4 is 18.9 Å². The molecule has 1 aromatic rings. The minimum atomic E-state index is -0.0240. The lowest BCUT2D eigenvalue weighted by Gasteiger charge is -2.08. The summed E-state index contributed by atoms with van der Waals surface area (Å²) in [6.45, 7) is 2.22. The molecule has 3 nitrogen and oxygen atoms in total. The van der Waals surface area contributed by atoms with Crippen molar-refractivity contribution in [3.63, 3.8) is 0 Å². The Morgan fingerprint density at radius 2 is 2.29 bits per heavy atom. The third-order valence-corrected chi connectivity index (χ3v) is 2.22. The average molecular weight is 250 g/mol. The van der Waals surface area contributed by atoms with E-state index in [-0.39, 0.29) is 11.5 Å². The van der Waals surface area contributed by atoms with Crippen LogP contribution in [0.5, 0.6) is 11.5 Å². The van der Waals surface area contributed by atoms with E-state index < -0.39 is 0 Å². The first-order chi connectivity index (χ1) is 8.22. The van der Waals surface area contributed by atoms with Gasteiger partial charge in [0.2, 0.25) is 0 Å². The Morgan fingerprint density at radius 1 is 1.53 bits per heavy atom.